The van der Waals surface area contributed by atoms with Gasteiger partial charge in [0.1, 0.15) is 5.82 Å². The average molecular weight is 280 g/mol. The number of hydrogen-bond donors (Lipinski definition) is 1. The number of hydrogen-bond acceptors (Lipinski definition) is 3. The molecule has 2 N–H and O–H groups in total. The van der Waals surface area contributed by atoms with Crippen molar-refractivity contribution in [2.75, 3.05) is 26.8 Å². The molecule has 1 aromatic carbocycles. The molecule has 112 valence electrons. The van der Waals surface area contributed by atoms with Gasteiger partial charge in [-0.25, -0.2) is 4.39 Å². The standard InChI is InChI=1S/C16H25FN2O/c1-16(12-18,11-13-4-3-5-14(17)10-13)19(8-9-20-2)15-6-7-15/h3-5,10,15H,6-9,11-12,18H2,1-2H3. The second kappa shape index (κ2) is 6.66. The van der Waals surface area contributed by atoms with Gasteiger partial charge >= 0.3 is 0 Å². The zero-order valence-corrected chi connectivity index (χ0v) is 12.4. The molecule has 1 unspecified atom stereocenters. The molecular weight excluding hydrogens is 255 g/mol. The van der Waals surface area contributed by atoms with E-state index in [0.717, 1.165) is 18.5 Å². The minimum atomic E-state index is -0.184. The lowest BCUT2D eigenvalue weighted by Gasteiger charge is -2.41. The Kier molecular flexibility index (Phi) is 5.13. The molecule has 1 saturated carbocycles. The van der Waals surface area contributed by atoms with Crippen molar-refractivity contribution < 1.29 is 9.13 Å². The molecule has 1 aromatic rings. The smallest absolute Gasteiger partial charge is 0.123 e. The van der Waals surface area contributed by atoms with Crippen LogP contribution in [0.3, 0.4) is 0 Å². The summed E-state index contributed by atoms with van der Waals surface area (Å²) in [6.45, 7) is 4.31. The van der Waals surface area contributed by atoms with E-state index in [1.165, 1.54) is 18.9 Å². The Balaban J connectivity index is 2.13. The van der Waals surface area contributed by atoms with Gasteiger partial charge in [0.25, 0.3) is 0 Å². The molecule has 0 saturated heterocycles. The van der Waals surface area contributed by atoms with E-state index in [4.69, 9.17) is 10.5 Å². The highest BCUT2D eigenvalue weighted by atomic mass is 19.1. The lowest BCUT2D eigenvalue weighted by molar-refractivity contribution is 0.0634. The van der Waals surface area contributed by atoms with Crippen LogP contribution in [0.1, 0.15) is 25.3 Å². The van der Waals surface area contributed by atoms with Crippen LogP contribution in [0.5, 0.6) is 0 Å². The van der Waals surface area contributed by atoms with Crippen LogP contribution in [0.25, 0.3) is 0 Å². The summed E-state index contributed by atoms with van der Waals surface area (Å²) in [5.74, 6) is -0.184. The quantitative estimate of drug-likeness (QED) is 0.793. The van der Waals surface area contributed by atoms with Crippen molar-refractivity contribution in [3.63, 3.8) is 0 Å². The Morgan fingerprint density at radius 1 is 1.45 bits per heavy atom. The molecule has 0 spiro atoms. The van der Waals surface area contributed by atoms with Crippen molar-refractivity contribution in [3.8, 4) is 0 Å². The zero-order chi connectivity index (χ0) is 14.6. The molecule has 0 heterocycles. The molecule has 0 aromatic heterocycles. The summed E-state index contributed by atoms with van der Waals surface area (Å²) in [4.78, 5) is 2.45. The van der Waals surface area contributed by atoms with Gasteiger partial charge in [0.2, 0.25) is 0 Å². The largest absolute Gasteiger partial charge is 0.383 e. The minimum Gasteiger partial charge on any atom is -0.383 e. The van der Waals surface area contributed by atoms with Gasteiger partial charge in [0.15, 0.2) is 0 Å². The van der Waals surface area contributed by atoms with E-state index in [1.807, 2.05) is 6.07 Å². The fourth-order valence-corrected chi connectivity index (χ4v) is 2.85. The Morgan fingerprint density at radius 2 is 2.20 bits per heavy atom. The van der Waals surface area contributed by atoms with Crippen molar-refractivity contribution in [1.29, 1.82) is 0 Å². The third-order valence-electron chi connectivity index (χ3n) is 4.13. The number of benzene rings is 1. The Morgan fingerprint density at radius 3 is 2.75 bits per heavy atom. The molecule has 1 aliphatic carbocycles. The maximum absolute atomic E-state index is 13.4. The first-order valence-electron chi connectivity index (χ1n) is 7.29. The van der Waals surface area contributed by atoms with Gasteiger partial charge in [0, 0.05) is 31.8 Å². The van der Waals surface area contributed by atoms with Crippen LogP contribution in [-0.2, 0) is 11.2 Å². The van der Waals surface area contributed by atoms with E-state index in [9.17, 15) is 4.39 Å². The fourth-order valence-electron chi connectivity index (χ4n) is 2.85. The lowest BCUT2D eigenvalue weighted by atomic mass is 9.90. The number of methoxy groups -OCH3 is 1. The molecule has 0 bridgehead atoms. The summed E-state index contributed by atoms with van der Waals surface area (Å²) in [5.41, 5.74) is 6.91. The Bertz CT molecular complexity index is 436. The Labute approximate surface area is 120 Å². The zero-order valence-electron chi connectivity index (χ0n) is 12.4. The van der Waals surface area contributed by atoms with E-state index in [-0.39, 0.29) is 11.4 Å². The van der Waals surface area contributed by atoms with Gasteiger partial charge in [-0.05, 0) is 43.9 Å². The molecule has 1 atom stereocenters. The first-order chi connectivity index (χ1) is 9.59. The van der Waals surface area contributed by atoms with Crippen LogP contribution in [0.4, 0.5) is 4.39 Å². The van der Waals surface area contributed by atoms with Crippen molar-refractivity contribution in [2.24, 2.45) is 5.73 Å². The number of rotatable bonds is 8. The Hall–Kier alpha value is -0.970. The van der Waals surface area contributed by atoms with Gasteiger partial charge in [0.05, 0.1) is 6.61 Å². The summed E-state index contributed by atoms with van der Waals surface area (Å²) < 4.78 is 18.6. The third kappa shape index (κ3) is 3.78. The molecule has 0 aliphatic heterocycles. The normalized spacial score (nSPS) is 18.2. The predicted molar refractivity (Wildman–Crippen MR) is 79.2 cm³/mol. The van der Waals surface area contributed by atoms with E-state index < -0.39 is 0 Å². The highest BCUT2D eigenvalue weighted by molar-refractivity contribution is 5.19. The maximum atomic E-state index is 13.4. The summed E-state index contributed by atoms with van der Waals surface area (Å²) in [5, 5.41) is 0. The molecule has 0 amide bonds. The van der Waals surface area contributed by atoms with Crippen LogP contribution >= 0.6 is 0 Å². The first kappa shape index (κ1) is 15.4. The van der Waals surface area contributed by atoms with E-state index in [2.05, 4.69) is 11.8 Å². The summed E-state index contributed by atoms with van der Waals surface area (Å²) in [6.07, 6.45) is 3.21. The predicted octanol–water partition coefficient (Wildman–Crippen LogP) is 2.20. The minimum absolute atomic E-state index is 0.145. The fraction of sp³-hybridized carbons (Fsp3) is 0.625. The van der Waals surface area contributed by atoms with Gasteiger partial charge in [-0.2, -0.15) is 0 Å². The van der Waals surface area contributed by atoms with Crippen molar-refractivity contribution in [3.05, 3.63) is 35.6 Å². The maximum Gasteiger partial charge on any atom is 0.123 e. The van der Waals surface area contributed by atoms with Gasteiger partial charge in [-0.1, -0.05) is 12.1 Å². The van der Waals surface area contributed by atoms with Crippen molar-refractivity contribution in [2.45, 2.75) is 37.8 Å². The second-order valence-electron chi connectivity index (χ2n) is 5.93. The molecule has 3 nitrogen and oxygen atoms in total. The average Bonchev–Trinajstić information content (AvgIpc) is 3.23. The summed E-state index contributed by atoms with van der Waals surface area (Å²) in [7, 11) is 1.72. The van der Waals surface area contributed by atoms with Crippen LogP contribution in [0, 0.1) is 5.82 Å². The highest BCUT2D eigenvalue weighted by Gasteiger charge is 2.40. The highest BCUT2D eigenvalue weighted by Crippen LogP contribution is 2.34. The molecule has 0 radical (unpaired) electrons. The van der Waals surface area contributed by atoms with E-state index in [0.29, 0.717) is 19.2 Å². The second-order valence-corrected chi connectivity index (χ2v) is 5.93. The summed E-state index contributed by atoms with van der Waals surface area (Å²) in [6, 6.07) is 7.42. The van der Waals surface area contributed by atoms with E-state index in [1.54, 1.807) is 19.2 Å². The van der Waals surface area contributed by atoms with Gasteiger partial charge in [-0.3, -0.25) is 4.90 Å². The van der Waals surface area contributed by atoms with Crippen LogP contribution < -0.4 is 5.73 Å². The van der Waals surface area contributed by atoms with Crippen LogP contribution in [0.2, 0.25) is 0 Å². The number of halogens is 1. The topological polar surface area (TPSA) is 38.5 Å². The molecule has 4 heteroatoms. The number of nitrogens with two attached hydrogens (primary N) is 1. The molecule has 2 rings (SSSR count). The third-order valence-corrected chi connectivity index (χ3v) is 4.13. The number of ether oxygens (including phenoxy) is 1. The van der Waals surface area contributed by atoms with Gasteiger partial charge in [-0.15, -0.1) is 0 Å². The molecular formula is C16H25FN2O. The monoisotopic (exact) mass is 280 g/mol. The molecule has 1 fully saturated rings. The van der Waals surface area contributed by atoms with Crippen LogP contribution in [-0.4, -0.2) is 43.3 Å². The molecule has 20 heavy (non-hydrogen) atoms. The van der Waals surface area contributed by atoms with Crippen molar-refractivity contribution >= 4 is 0 Å². The van der Waals surface area contributed by atoms with Crippen LogP contribution in [0.15, 0.2) is 24.3 Å². The summed E-state index contributed by atoms with van der Waals surface area (Å²) >= 11 is 0. The van der Waals surface area contributed by atoms with E-state index >= 15 is 0 Å². The SMILES string of the molecule is COCCN(C1CC1)C(C)(CN)Cc1cccc(F)c1. The van der Waals surface area contributed by atoms with Crippen molar-refractivity contribution in [1.82, 2.24) is 4.90 Å². The number of nitrogens with zero attached hydrogens (tertiary/aromatic N) is 1. The molecule has 1 aliphatic rings. The first-order valence-corrected chi connectivity index (χ1v) is 7.29. The lowest BCUT2D eigenvalue weighted by Crippen LogP contribution is -2.55. The van der Waals surface area contributed by atoms with Gasteiger partial charge < -0.3 is 10.5 Å².